The number of thiocarbonyl (C=S) groups is 1. The van der Waals surface area contributed by atoms with Crippen LogP contribution in [0.25, 0.3) is 0 Å². The number of unbranched alkanes of at least 4 members (excludes halogenated alkanes) is 1. The lowest BCUT2D eigenvalue weighted by Crippen LogP contribution is -2.31. The van der Waals surface area contributed by atoms with Crippen LogP contribution in [0.2, 0.25) is 0 Å². The van der Waals surface area contributed by atoms with Gasteiger partial charge in [0.2, 0.25) is 5.91 Å². The molecule has 0 fully saturated rings. The fourth-order valence-electron chi connectivity index (χ4n) is 1.04. The molecule has 0 aliphatic heterocycles. The van der Waals surface area contributed by atoms with Crippen LogP contribution in [0.1, 0.15) is 33.1 Å². The van der Waals surface area contributed by atoms with E-state index in [2.05, 4.69) is 17.5 Å². The van der Waals surface area contributed by atoms with Crippen molar-refractivity contribution < 1.29 is 14.3 Å². The molecule has 0 radical (unpaired) electrons. The van der Waals surface area contributed by atoms with Crippen LogP contribution in [0.4, 0.5) is 0 Å². The van der Waals surface area contributed by atoms with E-state index in [1.807, 2.05) is 6.92 Å². The van der Waals surface area contributed by atoms with Crippen LogP contribution in [0.3, 0.4) is 0 Å². The van der Waals surface area contributed by atoms with Gasteiger partial charge in [-0.3, -0.25) is 4.79 Å². The Bertz CT molecular complexity index is 327. The lowest BCUT2D eigenvalue weighted by atomic mass is 10.2. The Kier molecular flexibility index (Phi) is 7.96. The number of nitrogens with two attached hydrogens (primary N) is 1. The molecule has 3 N–H and O–H groups in total. The first-order valence-electron chi connectivity index (χ1n) is 5.48. The van der Waals surface area contributed by atoms with Crippen molar-refractivity contribution in [3.63, 3.8) is 0 Å². The third-order valence-corrected chi connectivity index (χ3v) is 2.17. The van der Waals surface area contributed by atoms with E-state index in [0.29, 0.717) is 6.42 Å². The Balaban J connectivity index is 4.68. The molecule has 5 nitrogen and oxygen atoms in total. The summed E-state index contributed by atoms with van der Waals surface area (Å²) < 4.78 is 4.77. The highest BCUT2D eigenvalue weighted by molar-refractivity contribution is 7.79. The van der Waals surface area contributed by atoms with E-state index in [4.69, 9.17) is 10.5 Å². The Labute approximate surface area is 106 Å². The predicted octanol–water partition coefficient (Wildman–Crippen LogP) is 1.03. The van der Waals surface area contributed by atoms with Crippen molar-refractivity contribution >= 4 is 29.5 Å². The molecule has 0 spiro atoms. The van der Waals surface area contributed by atoms with Crippen LogP contribution in [-0.4, -0.2) is 23.9 Å². The first kappa shape index (κ1) is 15.6. The molecular weight excluding hydrogens is 240 g/mol. The number of amides is 1. The number of hydrogen-bond acceptors (Lipinski definition) is 5. The van der Waals surface area contributed by atoms with E-state index in [0.717, 1.165) is 18.2 Å². The van der Waals surface area contributed by atoms with E-state index >= 15 is 0 Å². The number of esters is 1. The molecule has 96 valence electrons. The molecule has 0 atom stereocenters. The van der Waals surface area contributed by atoms with Crippen LogP contribution < -0.4 is 11.1 Å². The number of nitrogens with one attached hydrogen (secondary N) is 1. The standard InChI is InChI=1S/C11H18N2O3S/c1-3-5-6-9(14)13-10(8(12)7-17)11(15)16-4-2/h7H,3-6,12H2,1-2H3,(H,13,14)/b10-8-. The minimum absolute atomic E-state index is 0.0308. The maximum Gasteiger partial charge on any atom is 0.357 e. The summed E-state index contributed by atoms with van der Waals surface area (Å²) in [5, 5.41) is 3.56. The summed E-state index contributed by atoms with van der Waals surface area (Å²) in [5.41, 5.74) is 5.48. The van der Waals surface area contributed by atoms with Crippen molar-refractivity contribution in [2.75, 3.05) is 6.61 Å². The maximum atomic E-state index is 11.5. The zero-order chi connectivity index (χ0) is 13.3. The van der Waals surface area contributed by atoms with Crippen molar-refractivity contribution in [1.29, 1.82) is 0 Å². The average Bonchev–Trinajstić information content (AvgIpc) is 2.32. The zero-order valence-corrected chi connectivity index (χ0v) is 10.9. The smallest absolute Gasteiger partial charge is 0.357 e. The number of ether oxygens (including phenoxy) is 1. The summed E-state index contributed by atoms with van der Waals surface area (Å²) in [4.78, 5) is 23.0. The Morgan fingerprint density at radius 2 is 2.06 bits per heavy atom. The van der Waals surface area contributed by atoms with Crippen molar-refractivity contribution in [2.24, 2.45) is 5.73 Å². The number of carbonyl (C=O) groups is 2. The normalized spacial score (nSPS) is 11.4. The molecule has 0 saturated heterocycles. The molecule has 1 amide bonds. The third kappa shape index (κ3) is 6.01. The van der Waals surface area contributed by atoms with Crippen molar-refractivity contribution in [3.8, 4) is 0 Å². The van der Waals surface area contributed by atoms with Crippen LogP contribution >= 0.6 is 12.2 Å². The first-order valence-corrected chi connectivity index (χ1v) is 5.95. The molecule has 0 aliphatic carbocycles. The third-order valence-electron chi connectivity index (χ3n) is 1.92. The molecule has 0 aromatic heterocycles. The lowest BCUT2D eigenvalue weighted by Gasteiger charge is -2.10. The van der Waals surface area contributed by atoms with Gasteiger partial charge >= 0.3 is 5.97 Å². The van der Waals surface area contributed by atoms with Gasteiger partial charge in [0, 0.05) is 11.8 Å². The van der Waals surface area contributed by atoms with Crippen LogP contribution in [-0.2, 0) is 14.3 Å². The highest BCUT2D eigenvalue weighted by Gasteiger charge is 2.16. The Morgan fingerprint density at radius 1 is 1.41 bits per heavy atom. The van der Waals surface area contributed by atoms with Gasteiger partial charge in [-0.1, -0.05) is 25.6 Å². The van der Waals surface area contributed by atoms with Crippen molar-refractivity contribution in [1.82, 2.24) is 5.32 Å². The van der Waals surface area contributed by atoms with Crippen molar-refractivity contribution in [3.05, 3.63) is 11.4 Å². The monoisotopic (exact) mass is 258 g/mol. The molecular formula is C11H18N2O3S. The average molecular weight is 258 g/mol. The van der Waals surface area contributed by atoms with E-state index in [9.17, 15) is 9.59 Å². The molecule has 6 heteroatoms. The summed E-state index contributed by atoms with van der Waals surface area (Å²) in [6.07, 6.45) is 1.98. The fraction of sp³-hybridized carbons (Fsp3) is 0.545. The SMILES string of the molecule is CCCCC(=O)N/C(C(=O)OCC)=C(\N)C=S. The summed E-state index contributed by atoms with van der Waals surface area (Å²) in [7, 11) is 0. The van der Waals surface area contributed by atoms with E-state index in [-0.39, 0.29) is 23.9 Å². The number of carbonyl (C=O) groups excluding carboxylic acids is 2. The molecule has 0 aromatic carbocycles. The molecule has 0 unspecified atom stereocenters. The number of hydrogen-bond donors (Lipinski definition) is 2. The van der Waals surface area contributed by atoms with Crippen LogP contribution in [0, 0.1) is 0 Å². The maximum absolute atomic E-state index is 11.5. The quantitative estimate of drug-likeness (QED) is 0.405. The molecule has 17 heavy (non-hydrogen) atoms. The van der Waals surface area contributed by atoms with Gasteiger partial charge in [-0.25, -0.2) is 4.79 Å². The van der Waals surface area contributed by atoms with Crippen LogP contribution in [0.15, 0.2) is 11.4 Å². The second-order valence-corrected chi connectivity index (χ2v) is 3.56. The molecule has 0 saturated carbocycles. The van der Waals surface area contributed by atoms with Gasteiger partial charge in [0.1, 0.15) is 0 Å². The summed E-state index contributed by atoms with van der Waals surface area (Å²) >= 11 is 4.63. The van der Waals surface area contributed by atoms with E-state index in [1.54, 1.807) is 6.92 Å². The minimum atomic E-state index is -0.670. The topological polar surface area (TPSA) is 81.4 Å². The summed E-state index contributed by atoms with van der Waals surface area (Å²) in [5.74, 6) is -0.939. The molecule has 0 aliphatic rings. The highest BCUT2D eigenvalue weighted by atomic mass is 32.1. The van der Waals surface area contributed by atoms with Gasteiger partial charge in [-0.15, -0.1) is 0 Å². The molecule has 0 heterocycles. The Hall–Kier alpha value is -1.43. The summed E-state index contributed by atoms with van der Waals surface area (Å²) in [6.45, 7) is 3.85. The van der Waals surface area contributed by atoms with Gasteiger partial charge in [-0.2, -0.15) is 0 Å². The number of rotatable bonds is 7. The minimum Gasteiger partial charge on any atom is -0.461 e. The first-order chi connectivity index (χ1) is 8.06. The van der Waals surface area contributed by atoms with Gasteiger partial charge < -0.3 is 15.8 Å². The van der Waals surface area contributed by atoms with E-state index < -0.39 is 5.97 Å². The van der Waals surface area contributed by atoms with Gasteiger partial charge in [0.25, 0.3) is 0 Å². The van der Waals surface area contributed by atoms with E-state index in [1.165, 1.54) is 0 Å². The molecule has 0 aromatic rings. The van der Waals surface area contributed by atoms with Crippen LogP contribution in [0.5, 0.6) is 0 Å². The van der Waals surface area contributed by atoms with Gasteiger partial charge in [0.05, 0.1) is 12.3 Å². The van der Waals surface area contributed by atoms with Crippen molar-refractivity contribution in [2.45, 2.75) is 33.1 Å². The van der Waals surface area contributed by atoms with Gasteiger partial charge in [-0.05, 0) is 13.3 Å². The molecule has 0 rings (SSSR count). The van der Waals surface area contributed by atoms with Gasteiger partial charge in [0.15, 0.2) is 5.70 Å². The second kappa shape index (κ2) is 8.69. The predicted molar refractivity (Wildman–Crippen MR) is 69.2 cm³/mol. The Morgan fingerprint density at radius 3 is 2.53 bits per heavy atom. The second-order valence-electron chi connectivity index (χ2n) is 3.32. The fourth-order valence-corrected chi connectivity index (χ4v) is 1.16. The molecule has 0 bridgehead atoms. The summed E-state index contributed by atoms with van der Waals surface area (Å²) in [6, 6.07) is 0. The number of allylic oxidation sites excluding steroid dienone is 1. The highest BCUT2D eigenvalue weighted by Crippen LogP contribution is 2.01. The zero-order valence-electron chi connectivity index (χ0n) is 10.1. The lowest BCUT2D eigenvalue weighted by molar-refractivity contribution is -0.140. The largest absolute Gasteiger partial charge is 0.461 e.